The molecule has 8 heteroatoms. The summed E-state index contributed by atoms with van der Waals surface area (Å²) in [6, 6.07) is 16.8. The highest BCUT2D eigenvalue weighted by atomic mass is 16.5. The maximum Gasteiger partial charge on any atom is 0.204 e. The number of nitrogens with zero attached hydrogens (tertiary/aromatic N) is 5. The predicted molar refractivity (Wildman–Crippen MR) is 129 cm³/mol. The Morgan fingerprint density at radius 2 is 1.76 bits per heavy atom. The molecule has 3 aliphatic rings. The Bertz CT molecular complexity index is 1180. The van der Waals surface area contributed by atoms with Gasteiger partial charge in [0.2, 0.25) is 5.82 Å². The molecule has 4 heterocycles. The van der Waals surface area contributed by atoms with E-state index in [1.165, 1.54) is 5.57 Å². The molecule has 6 rings (SSSR count). The van der Waals surface area contributed by atoms with Crippen molar-refractivity contribution >= 4 is 5.57 Å². The number of morpholine rings is 1. The van der Waals surface area contributed by atoms with E-state index in [4.69, 9.17) is 9.47 Å². The van der Waals surface area contributed by atoms with E-state index in [2.05, 4.69) is 74.2 Å². The molecule has 0 atom stereocenters. The normalized spacial score (nSPS) is 19.9. The van der Waals surface area contributed by atoms with Crippen LogP contribution in [-0.4, -0.2) is 76.6 Å². The van der Waals surface area contributed by atoms with Crippen molar-refractivity contribution in [1.29, 1.82) is 0 Å². The van der Waals surface area contributed by atoms with Gasteiger partial charge in [-0.15, -0.1) is 10.2 Å². The first-order valence-corrected chi connectivity index (χ1v) is 12.2. The zero-order valence-corrected chi connectivity index (χ0v) is 19.3. The topological polar surface area (TPSA) is 77.3 Å². The molecule has 2 aromatic carbocycles. The summed E-state index contributed by atoms with van der Waals surface area (Å²) in [5.41, 5.74) is 4.21. The fraction of sp³-hybridized carbons (Fsp3) is 0.423. The molecule has 8 nitrogen and oxygen atoms in total. The van der Waals surface area contributed by atoms with Crippen LogP contribution < -0.4 is 10.1 Å². The number of hydrogen-bond acceptors (Lipinski definition) is 7. The van der Waals surface area contributed by atoms with Crippen LogP contribution in [0.4, 0.5) is 0 Å². The summed E-state index contributed by atoms with van der Waals surface area (Å²) in [7, 11) is 0. The molecule has 0 saturated carbocycles. The van der Waals surface area contributed by atoms with Gasteiger partial charge in [0.25, 0.3) is 0 Å². The van der Waals surface area contributed by atoms with Crippen LogP contribution in [0.1, 0.15) is 24.0 Å². The number of aromatic nitrogens is 4. The van der Waals surface area contributed by atoms with Gasteiger partial charge >= 0.3 is 0 Å². The maximum atomic E-state index is 6.54. The molecule has 0 unspecified atom stereocenters. The second kappa shape index (κ2) is 9.29. The van der Waals surface area contributed by atoms with Gasteiger partial charge in [-0.1, -0.05) is 36.4 Å². The minimum Gasteiger partial charge on any atom is -0.482 e. The van der Waals surface area contributed by atoms with E-state index in [1.807, 2.05) is 6.07 Å². The first-order chi connectivity index (χ1) is 16.8. The summed E-state index contributed by atoms with van der Waals surface area (Å²) >= 11 is 0. The molecule has 176 valence electrons. The monoisotopic (exact) mass is 458 g/mol. The van der Waals surface area contributed by atoms with E-state index in [9.17, 15) is 0 Å². The van der Waals surface area contributed by atoms with E-state index in [-0.39, 0.29) is 5.60 Å². The Morgan fingerprint density at radius 3 is 2.65 bits per heavy atom. The molecule has 0 amide bonds. The van der Waals surface area contributed by atoms with Crippen molar-refractivity contribution in [2.45, 2.75) is 25.0 Å². The molecule has 2 fully saturated rings. The van der Waals surface area contributed by atoms with Crippen LogP contribution in [0.15, 0.2) is 54.6 Å². The number of ether oxygens (including phenoxy) is 2. The first-order valence-electron chi connectivity index (χ1n) is 12.2. The average Bonchev–Trinajstić information content (AvgIpc) is 3.37. The summed E-state index contributed by atoms with van der Waals surface area (Å²) in [6.07, 6.45) is 4.26. The van der Waals surface area contributed by atoms with Crippen LogP contribution in [0.2, 0.25) is 0 Å². The van der Waals surface area contributed by atoms with E-state index >= 15 is 0 Å². The lowest BCUT2D eigenvalue weighted by molar-refractivity contribution is 0.0354. The Labute approximate surface area is 199 Å². The lowest BCUT2D eigenvalue weighted by Crippen LogP contribution is -2.46. The van der Waals surface area contributed by atoms with Crippen LogP contribution in [0.25, 0.3) is 17.0 Å². The fourth-order valence-electron chi connectivity index (χ4n) is 5.04. The van der Waals surface area contributed by atoms with Crippen LogP contribution in [-0.2, 0) is 11.3 Å². The van der Waals surface area contributed by atoms with E-state index in [0.717, 1.165) is 87.8 Å². The van der Waals surface area contributed by atoms with Crippen molar-refractivity contribution in [3.63, 3.8) is 0 Å². The van der Waals surface area contributed by atoms with Crippen LogP contribution in [0.5, 0.6) is 5.75 Å². The highest BCUT2D eigenvalue weighted by Crippen LogP contribution is 2.42. The highest BCUT2D eigenvalue weighted by Gasteiger charge is 2.37. The van der Waals surface area contributed by atoms with Crippen molar-refractivity contribution in [2.75, 3.05) is 45.9 Å². The van der Waals surface area contributed by atoms with Crippen molar-refractivity contribution in [3.8, 4) is 17.1 Å². The molecule has 3 aromatic rings. The van der Waals surface area contributed by atoms with Gasteiger partial charge in [-0.2, -0.15) is 4.80 Å². The number of rotatable bonds is 5. The number of tetrazole rings is 1. The molecule has 3 aliphatic heterocycles. The summed E-state index contributed by atoms with van der Waals surface area (Å²) in [5.74, 6) is 1.61. The molecular formula is C26H30N6O2. The number of hydrogen-bond donors (Lipinski definition) is 1. The lowest BCUT2D eigenvalue weighted by Gasteiger charge is -2.40. The van der Waals surface area contributed by atoms with Gasteiger partial charge in [0, 0.05) is 43.6 Å². The van der Waals surface area contributed by atoms with Crippen molar-refractivity contribution in [2.24, 2.45) is 0 Å². The Kier molecular flexibility index (Phi) is 5.86. The van der Waals surface area contributed by atoms with Gasteiger partial charge < -0.3 is 14.8 Å². The number of para-hydroxylation sites is 1. The molecular weight excluding hydrogens is 428 g/mol. The van der Waals surface area contributed by atoms with E-state index in [1.54, 1.807) is 4.80 Å². The molecule has 1 spiro atoms. The molecule has 1 aromatic heterocycles. The zero-order chi connectivity index (χ0) is 22.8. The second-order valence-electron chi connectivity index (χ2n) is 9.21. The number of nitrogens with one attached hydrogen (secondary N) is 1. The molecule has 2 saturated heterocycles. The molecule has 34 heavy (non-hydrogen) atoms. The van der Waals surface area contributed by atoms with E-state index in [0.29, 0.717) is 5.82 Å². The SMILES string of the molecule is C1=C(c2cccc(-c3nnn(CCN4CCOCC4)n3)c2)c2ccccc2OC12CCNCC2. The third-order valence-corrected chi connectivity index (χ3v) is 6.95. The van der Waals surface area contributed by atoms with Gasteiger partial charge in [-0.25, -0.2) is 0 Å². The number of fused-ring (bicyclic) bond motifs is 1. The quantitative estimate of drug-likeness (QED) is 0.630. The van der Waals surface area contributed by atoms with Crippen LogP contribution in [0.3, 0.4) is 0 Å². The first kappa shape index (κ1) is 21.5. The minimum atomic E-state index is -0.258. The molecule has 0 aliphatic carbocycles. The highest BCUT2D eigenvalue weighted by molar-refractivity contribution is 5.86. The summed E-state index contributed by atoms with van der Waals surface area (Å²) in [4.78, 5) is 4.07. The zero-order valence-electron chi connectivity index (χ0n) is 19.3. The molecule has 1 N–H and O–H groups in total. The Hall–Kier alpha value is -3.07. The third kappa shape index (κ3) is 4.36. The van der Waals surface area contributed by atoms with E-state index < -0.39 is 0 Å². The summed E-state index contributed by atoms with van der Waals surface area (Å²) in [5, 5.41) is 16.8. The average molecular weight is 459 g/mol. The summed E-state index contributed by atoms with van der Waals surface area (Å²) in [6.45, 7) is 7.06. The minimum absolute atomic E-state index is 0.258. The Morgan fingerprint density at radius 1 is 0.941 bits per heavy atom. The van der Waals surface area contributed by atoms with Crippen LogP contribution in [0, 0.1) is 0 Å². The van der Waals surface area contributed by atoms with Gasteiger partial charge in [0.1, 0.15) is 11.4 Å². The van der Waals surface area contributed by atoms with Crippen LogP contribution >= 0.6 is 0 Å². The van der Waals surface area contributed by atoms with Crippen molar-refractivity contribution < 1.29 is 9.47 Å². The van der Waals surface area contributed by atoms with Gasteiger partial charge in [0.15, 0.2) is 0 Å². The lowest BCUT2D eigenvalue weighted by atomic mass is 9.83. The van der Waals surface area contributed by atoms with Gasteiger partial charge in [-0.05, 0) is 47.6 Å². The Balaban J connectivity index is 1.27. The van der Waals surface area contributed by atoms with Crippen molar-refractivity contribution in [1.82, 2.24) is 30.4 Å². The number of piperidine rings is 1. The van der Waals surface area contributed by atoms with Gasteiger partial charge in [-0.3, -0.25) is 4.90 Å². The summed E-state index contributed by atoms with van der Waals surface area (Å²) < 4.78 is 12.0. The largest absolute Gasteiger partial charge is 0.482 e. The second-order valence-corrected chi connectivity index (χ2v) is 9.21. The third-order valence-electron chi connectivity index (χ3n) is 6.95. The van der Waals surface area contributed by atoms with Crippen molar-refractivity contribution in [3.05, 3.63) is 65.7 Å². The standard InChI is InChI=1S/C26H30N6O2/c1-2-7-24-22(6-1)23(19-26(34-24)8-10-27-11-9-26)20-4-3-5-21(18-20)25-28-30-32(29-25)13-12-31-14-16-33-17-15-31/h1-7,18-19,27H,8-17H2. The maximum absolute atomic E-state index is 6.54. The van der Waals surface area contributed by atoms with Gasteiger partial charge in [0.05, 0.1) is 19.8 Å². The molecule has 0 radical (unpaired) electrons. The predicted octanol–water partition coefficient (Wildman–Crippen LogP) is 2.62. The fourth-order valence-corrected chi connectivity index (χ4v) is 5.04. The molecule has 0 bridgehead atoms. The smallest absolute Gasteiger partial charge is 0.204 e. The number of benzene rings is 2.